The van der Waals surface area contributed by atoms with Gasteiger partial charge >= 0.3 is 0 Å². The highest BCUT2D eigenvalue weighted by Crippen LogP contribution is 2.26. The molecule has 12 heteroatoms. The molecule has 2 heterocycles. The molecule has 1 aromatic heterocycles. The van der Waals surface area contributed by atoms with E-state index in [0.29, 0.717) is 0 Å². The molecule has 0 unspecified atom stereocenters. The Morgan fingerprint density at radius 3 is 2.05 bits per heavy atom. The predicted octanol–water partition coefficient (Wildman–Crippen LogP) is 3.93. The maximum absolute atomic E-state index is 13.6. The van der Waals surface area contributed by atoms with Crippen molar-refractivity contribution < 1.29 is 21.6 Å². The van der Waals surface area contributed by atoms with E-state index in [9.17, 15) is 21.6 Å². The van der Waals surface area contributed by atoms with Crippen molar-refractivity contribution in [2.24, 2.45) is 5.10 Å². The number of nitrogens with one attached hydrogen (secondary N) is 1. The highest BCUT2D eigenvalue weighted by atomic mass is 32.2. The van der Waals surface area contributed by atoms with Crippen LogP contribution < -0.4 is 5.43 Å². The van der Waals surface area contributed by atoms with Gasteiger partial charge in [-0.2, -0.15) is 13.7 Å². The fraction of sp³-hybridized carbons (Fsp3) is 0.250. The summed E-state index contributed by atoms with van der Waals surface area (Å²) in [5.41, 5.74) is 8.47. The van der Waals surface area contributed by atoms with Crippen molar-refractivity contribution in [1.29, 1.82) is 0 Å². The fourth-order valence-electron chi connectivity index (χ4n) is 5.52. The van der Waals surface area contributed by atoms with Crippen molar-refractivity contribution in [3.8, 4) is 5.69 Å². The first-order valence-electron chi connectivity index (χ1n) is 14.1. The van der Waals surface area contributed by atoms with E-state index in [2.05, 4.69) is 40.2 Å². The Hall–Kier alpha value is -4.10. The number of carbonyl (C=O) groups is 1. The number of hydrogen-bond acceptors (Lipinski definition) is 6. The van der Waals surface area contributed by atoms with Crippen LogP contribution in [0.2, 0.25) is 0 Å². The van der Waals surface area contributed by atoms with E-state index < -0.39 is 32.0 Å². The number of hydrazone groups is 1. The quantitative estimate of drug-likeness (QED) is 0.233. The van der Waals surface area contributed by atoms with Crippen LogP contribution in [0.1, 0.15) is 28.1 Å². The first kappa shape index (κ1) is 31.3. The molecule has 230 valence electrons. The summed E-state index contributed by atoms with van der Waals surface area (Å²) >= 11 is 0. The number of piperazine rings is 1. The maximum atomic E-state index is 13.6. The summed E-state index contributed by atoms with van der Waals surface area (Å²) in [4.78, 5) is 13.7. The molecule has 0 radical (unpaired) electrons. The zero-order chi connectivity index (χ0) is 31.6. The summed E-state index contributed by atoms with van der Waals surface area (Å²) in [6.45, 7) is 7.35. The molecule has 0 aliphatic carbocycles. The van der Waals surface area contributed by atoms with Gasteiger partial charge in [0.1, 0.15) is 6.04 Å². The van der Waals surface area contributed by atoms with Gasteiger partial charge in [-0.25, -0.2) is 22.3 Å². The van der Waals surface area contributed by atoms with Gasteiger partial charge in [0, 0.05) is 42.3 Å². The molecule has 1 fully saturated rings. The van der Waals surface area contributed by atoms with E-state index >= 15 is 0 Å². The van der Waals surface area contributed by atoms with Crippen LogP contribution in [-0.2, 0) is 24.8 Å². The van der Waals surface area contributed by atoms with Gasteiger partial charge in [-0.3, -0.25) is 4.79 Å². The van der Waals surface area contributed by atoms with Gasteiger partial charge in [-0.1, -0.05) is 54.1 Å². The summed E-state index contributed by atoms with van der Waals surface area (Å²) in [7, 11) is -8.09. The van der Waals surface area contributed by atoms with Crippen LogP contribution in [0.4, 0.5) is 0 Å². The predicted molar refractivity (Wildman–Crippen MR) is 170 cm³/mol. The molecule has 44 heavy (non-hydrogen) atoms. The fourth-order valence-corrected chi connectivity index (χ4v) is 8.57. The Morgan fingerprint density at radius 1 is 0.818 bits per heavy atom. The van der Waals surface area contributed by atoms with Crippen molar-refractivity contribution in [2.75, 3.05) is 19.6 Å². The Kier molecular flexibility index (Phi) is 8.89. The summed E-state index contributed by atoms with van der Waals surface area (Å²) in [6.07, 6.45) is 1.51. The largest absolute Gasteiger partial charge is 0.318 e. The van der Waals surface area contributed by atoms with Gasteiger partial charge in [0.05, 0.1) is 16.0 Å². The van der Waals surface area contributed by atoms with E-state index in [1.165, 1.54) is 36.0 Å². The van der Waals surface area contributed by atoms with Crippen LogP contribution in [0.3, 0.4) is 0 Å². The highest BCUT2D eigenvalue weighted by molar-refractivity contribution is 7.89. The van der Waals surface area contributed by atoms with E-state index in [-0.39, 0.29) is 29.4 Å². The number of nitrogens with zero attached hydrogens (tertiary/aromatic N) is 4. The van der Waals surface area contributed by atoms with Crippen molar-refractivity contribution in [3.63, 3.8) is 0 Å². The number of hydrogen-bond donors (Lipinski definition) is 1. The van der Waals surface area contributed by atoms with E-state index in [4.69, 9.17) is 0 Å². The molecule has 4 aromatic rings. The minimum Gasteiger partial charge on any atom is -0.318 e. The highest BCUT2D eigenvalue weighted by Gasteiger charge is 2.43. The van der Waals surface area contributed by atoms with Crippen molar-refractivity contribution >= 4 is 32.2 Å². The first-order valence-corrected chi connectivity index (χ1v) is 17.0. The molecule has 0 bridgehead atoms. The van der Waals surface area contributed by atoms with Gasteiger partial charge in [-0.15, -0.1) is 0 Å². The number of sulfonamides is 2. The smallest absolute Gasteiger partial charge is 0.259 e. The number of carbonyl (C=O) groups excluding carboxylic acids is 1. The number of rotatable bonds is 8. The molecule has 0 saturated carbocycles. The molecular weight excluding hydrogens is 599 g/mol. The first-order chi connectivity index (χ1) is 20.9. The normalized spacial score (nSPS) is 16.8. The third kappa shape index (κ3) is 6.11. The number of aryl methyl sites for hydroxylation is 3. The lowest BCUT2D eigenvalue weighted by Crippen LogP contribution is -2.60. The molecule has 10 nitrogen and oxygen atoms in total. The van der Waals surface area contributed by atoms with Gasteiger partial charge in [0.25, 0.3) is 5.91 Å². The molecular formula is C32H35N5O5S2. The summed E-state index contributed by atoms with van der Waals surface area (Å²) in [5.74, 6) is -0.739. The number of aromatic nitrogens is 1. The lowest BCUT2D eigenvalue weighted by molar-refractivity contribution is -0.125. The van der Waals surface area contributed by atoms with Crippen molar-refractivity contribution in [2.45, 2.75) is 43.5 Å². The molecule has 1 amide bonds. The van der Waals surface area contributed by atoms with Crippen LogP contribution in [0, 0.1) is 27.7 Å². The average molecular weight is 634 g/mol. The topological polar surface area (TPSA) is 121 Å². The molecule has 5 rings (SSSR count). The summed E-state index contributed by atoms with van der Waals surface area (Å²) in [6, 6.07) is 22.5. The monoisotopic (exact) mass is 633 g/mol. The van der Waals surface area contributed by atoms with E-state index in [0.717, 1.165) is 36.8 Å². The minimum absolute atomic E-state index is 0.0134. The van der Waals surface area contributed by atoms with Gasteiger partial charge in [0.2, 0.25) is 20.0 Å². The molecule has 1 atom stereocenters. The van der Waals surface area contributed by atoms with Crippen molar-refractivity contribution in [1.82, 2.24) is 18.6 Å². The standard InChI is InChI=1S/C32H35N5O5S2/c1-23-15-16-30(24(2)19-23)37-25(3)20-27(26(37)4)21-33-34-32(38)31-22-35(43(39,40)28-11-7-5-8-12-28)17-18-36(31)44(41,42)29-13-9-6-10-14-29/h5-16,19-21,31H,17-18,22H2,1-4H3,(H,34,38)/b33-21-/t31-/m0/s1. The average Bonchev–Trinajstić information content (AvgIpc) is 3.29. The molecule has 1 aliphatic heterocycles. The molecule has 1 N–H and O–H groups in total. The minimum atomic E-state index is -4.12. The lowest BCUT2D eigenvalue weighted by Gasteiger charge is -2.38. The van der Waals surface area contributed by atoms with Crippen LogP contribution in [-0.4, -0.2) is 67.8 Å². The second kappa shape index (κ2) is 12.5. The van der Waals surface area contributed by atoms with Crippen LogP contribution in [0.25, 0.3) is 5.69 Å². The molecule has 1 saturated heterocycles. The number of benzene rings is 3. The number of amides is 1. The van der Waals surface area contributed by atoms with Crippen LogP contribution >= 0.6 is 0 Å². The molecule has 3 aromatic carbocycles. The van der Waals surface area contributed by atoms with Crippen LogP contribution in [0.5, 0.6) is 0 Å². The van der Waals surface area contributed by atoms with Crippen molar-refractivity contribution in [3.05, 3.63) is 113 Å². The zero-order valence-corrected chi connectivity index (χ0v) is 26.6. The SMILES string of the molecule is Cc1ccc(-n2c(C)cc(/C=N\NC(=O)[C@@H]3CN(S(=O)(=O)c4ccccc4)CCN3S(=O)(=O)c3ccccc3)c2C)c(C)c1. The van der Waals surface area contributed by atoms with E-state index in [1.54, 1.807) is 36.4 Å². The lowest BCUT2D eigenvalue weighted by atomic mass is 10.1. The molecule has 0 spiro atoms. The van der Waals surface area contributed by atoms with Gasteiger partial charge < -0.3 is 4.57 Å². The zero-order valence-electron chi connectivity index (χ0n) is 25.0. The Bertz CT molecular complexity index is 1920. The van der Waals surface area contributed by atoms with Gasteiger partial charge in [-0.05, 0) is 69.7 Å². The second-order valence-electron chi connectivity index (χ2n) is 10.8. The Balaban J connectivity index is 1.42. The third-order valence-corrected chi connectivity index (χ3v) is 11.6. The summed E-state index contributed by atoms with van der Waals surface area (Å²) in [5, 5.41) is 4.17. The Labute approximate surface area is 258 Å². The van der Waals surface area contributed by atoms with E-state index in [1.807, 2.05) is 26.8 Å². The summed E-state index contributed by atoms with van der Waals surface area (Å²) < 4.78 is 58.4. The third-order valence-electron chi connectivity index (χ3n) is 7.77. The second-order valence-corrected chi connectivity index (χ2v) is 14.6. The maximum Gasteiger partial charge on any atom is 0.259 e. The van der Waals surface area contributed by atoms with Crippen LogP contribution in [0.15, 0.2) is 99.8 Å². The molecule has 1 aliphatic rings. The Morgan fingerprint density at radius 2 is 1.43 bits per heavy atom. The van der Waals surface area contributed by atoms with Gasteiger partial charge in [0.15, 0.2) is 0 Å².